The van der Waals surface area contributed by atoms with Gasteiger partial charge in [0.1, 0.15) is 0 Å². The highest BCUT2D eigenvalue weighted by Crippen LogP contribution is 2.01. The fourth-order valence-electron chi connectivity index (χ4n) is 0.938. The van der Waals surface area contributed by atoms with Crippen molar-refractivity contribution in [1.29, 1.82) is 0 Å². The van der Waals surface area contributed by atoms with Crippen molar-refractivity contribution in [3.63, 3.8) is 0 Å². The van der Waals surface area contributed by atoms with Gasteiger partial charge in [0.2, 0.25) is 0 Å². The summed E-state index contributed by atoms with van der Waals surface area (Å²) < 4.78 is 5.15. The first-order valence-electron chi connectivity index (χ1n) is 4.49. The lowest BCUT2D eigenvalue weighted by atomic mass is 10.2. The number of thioether (sulfide) groups is 1. The Morgan fingerprint density at radius 2 is 2.17 bits per heavy atom. The molecule has 2 atom stereocenters. The van der Waals surface area contributed by atoms with Gasteiger partial charge in [-0.1, -0.05) is 6.92 Å². The van der Waals surface area contributed by atoms with Gasteiger partial charge in [0.05, 0.1) is 6.10 Å². The molecule has 0 aliphatic heterocycles. The van der Waals surface area contributed by atoms with E-state index in [1.165, 1.54) is 12.2 Å². The zero-order valence-corrected chi connectivity index (χ0v) is 9.41. The summed E-state index contributed by atoms with van der Waals surface area (Å²) in [5, 5.41) is 3.48. The van der Waals surface area contributed by atoms with Crippen LogP contribution in [0.15, 0.2) is 0 Å². The Morgan fingerprint density at radius 3 is 2.58 bits per heavy atom. The van der Waals surface area contributed by atoms with Crippen LogP contribution in [0.4, 0.5) is 0 Å². The van der Waals surface area contributed by atoms with Gasteiger partial charge in [0.25, 0.3) is 0 Å². The van der Waals surface area contributed by atoms with Crippen LogP contribution in [-0.2, 0) is 4.74 Å². The maximum absolute atomic E-state index is 5.15. The molecule has 12 heavy (non-hydrogen) atoms. The topological polar surface area (TPSA) is 21.3 Å². The largest absolute Gasteiger partial charge is 0.380 e. The fourth-order valence-corrected chi connectivity index (χ4v) is 1.69. The van der Waals surface area contributed by atoms with E-state index in [1.54, 1.807) is 7.11 Å². The first-order valence-corrected chi connectivity index (χ1v) is 5.89. The van der Waals surface area contributed by atoms with Gasteiger partial charge in [-0.25, -0.2) is 0 Å². The first kappa shape index (κ1) is 12.3. The molecule has 0 saturated heterocycles. The van der Waals surface area contributed by atoms with E-state index in [0.29, 0.717) is 12.1 Å². The van der Waals surface area contributed by atoms with Crippen molar-refractivity contribution in [2.24, 2.45) is 0 Å². The zero-order chi connectivity index (χ0) is 9.40. The average Bonchev–Trinajstić information content (AvgIpc) is 2.11. The van der Waals surface area contributed by atoms with Crippen molar-refractivity contribution in [1.82, 2.24) is 5.32 Å². The number of methoxy groups -OCH3 is 1. The standard InChI is InChI=1S/C9H21NOS/c1-5-9(7-12-4)10-6-8(2)11-3/h8-10H,5-7H2,1-4H3. The Balaban J connectivity index is 3.43. The summed E-state index contributed by atoms with van der Waals surface area (Å²) in [7, 11) is 1.75. The molecule has 1 N–H and O–H groups in total. The molecule has 2 nitrogen and oxygen atoms in total. The van der Waals surface area contributed by atoms with E-state index in [9.17, 15) is 0 Å². The molecule has 0 aromatic heterocycles. The van der Waals surface area contributed by atoms with Crippen molar-refractivity contribution in [3.05, 3.63) is 0 Å². The molecule has 0 amide bonds. The molecule has 0 rings (SSSR count). The lowest BCUT2D eigenvalue weighted by Gasteiger charge is -2.18. The van der Waals surface area contributed by atoms with Crippen molar-refractivity contribution in [2.75, 3.05) is 25.7 Å². The van der Waals surface area contributed by atoms with Crippen LogP contribution >= 0.6 is 11.8 Å². The summed E-state index contributed by atoms with van der Waals surface area (Å²) in [6.45, 7) is 5.25. The number of ether oxygens (including phenoxy) is 1. The second-order valence-corrected chi connectivity index (χ2v) is 3.93. The number of rotatable bonds is 7. The lowest BCUT2D eigenvalue weighted by molar-refractivity contribution is 0.115. The Morgan fingerprint density at radius 1 is 1.50 bits per heavy atom. The summed E-state index contributed by atoms with van der Waals surface area (Å²) in [6, 6.07) is 0.637. The summed E-state index contributed by atoms with van der Waals surface area (Å²) in [4.78, 5) is 0. The summed E-state index contributed by atoms with van der Waals surface area (Å²) in [5.74, 6) is 1.19. The summed E-state index contributed by atoms with van der Waals surface area (Å²) in [6.07, 6.45) is 3.65. The van der Waals surface area contributed by atoms with Gasteiger partial charge in [-0.15, -0.1) is 0 Å². The third-order valence-corrected chi connectivity index (χ3v) is 2.69. The van der Waals surface area contributed by atoms with E-state index in [-0.39, 0.29) is 0 Å². The summed E-state index contributed by atoms with van der Waals surface area (Å²) in [5.41, 5.74) is 0. The number of nitrogens with one attached hydrogen (secondary N) is 1. The molecular weight excluding hydrogens is 170 g/mol. The van der Waals surface area contributed by atoms with Crippen molar-refractivity contribution >= 4 is 11.8 Å². The van der Waals surface area contributed by atoms with Crippen LogP contribution in [0.5, 0.6) is 0 Å². The Bertz CT molecular complexity index is 101. The van der Waals surface area contributed by atoms with Gasteiger partial charge in [0.15, 0.2) is 0 Å². The molecule has 2 unspecified atom stereocenters. The Labute approximate surface area is 80.4 Å². The first-order chi connectivity index (χ1) is 5.74. The van der Waals surface area contributed by atoms with E-state index in [4.69, 9.17) is 4.74 Å². The highest BCUT2D eigenvalue weighted by Gasteiger charge is 2.06. The highest BCUT2D eigenvalue weighted by molar-refractivity contribution is 7.98. The predicted molar refractivity (Wildman–Crippen MR) is 56.9 cm³/mol. The van der Waals surface area contributed by atoms with Crippen LogP contribution in [0, 0.1) is 0 Å². The zero-order valence-electron chi connectivity index (χ0n) is 8.59. The number of hydrogen-bond donors (Lipinski definition) is 1. The molecule has 0 spiro atoms. The van der Waals surface area contributed by atoms with Crippen LogP contribution < -0.4 is 5.32 Å². The van der Waals surface area contributed by atoms with Gasteiger partial charge in [0, 0.05) is 25.4 Å². The molecule has 0 heterocycles. The van der Waals surface area contributed by atoms with Crippen molar-refractivity contribution < 1.29 is 4.74 Å². The molecule has 0 saturated carbocycles. The van der Waals surface area contributed by atoms with E-state index in [2.05, 4.69) is 25.4 Å². The minimum Gasteiger partial charge on any atom is -0.380 e. The smallest absolute Gasteiger partial charge is 0.0667 e. The monoisotopic (exact) mass is 191 g/mol. The minimum absolute atomic E-state index is 0.320. The molecule has 0 aromatic rings. The third kappa shape index (κ3) is 5.86. The molecule has 0 bridgehead atoms. The second-order valence-electron chi connectivity index (χ2n) is 3.02. The van der Waals surface area contributed by atoms with Crippen LogP contribution in [0.2, 0.25) is 0 Å². The second kappa shape index (κ2) is 7.90. The van der Waals surface area contributed by atoms with E-state index < -0.39 is 0 Å². The minimum atomic E-state index is 0.320. The van der Waals surface area contributed by atoms with Gasteiger partial charge in [-0.3, -0.25) is 0 Å². The quantitative estimate of drug-likeness (QED) is 0.662. The molecule has 0 aliphatic carbocycles. The van der Waals surface area contributed by atoms with Crippen LogP contribution in [0.3, 0.4) is 0 Å². The SMILES string of the molecule is CCC(CSC)NCC(C)OC. The molecule has 0 aliphatic rings. The molecule has 0 radical (unpaired) electrons. The van der Waals surface area contributed by atoms with Crippen LogP contribution in [-0.4, -0.2) is 37.8 Å². The fraction of sp³-hybridized carbons (Fsp3) is 1.00. The maximum atomic E-state index is 5.15. The van der Waals surface area contributed by atoms with E-state index in [1.807, 2.05) is 11.8 Å². The molecule has 0 aromatic carbocycles. The Hall–Kier alpha value is 0.270. The molecular formula is C9H21NOS. The van der Waals surface area contributed by atoms with Crippen molar-refractivity contribution in [2.45, 2.75) is 32.4 Å². The molecule has 3 heteroatoms. The van der Waals surface area contributed by atoms with Gasteiger partial charge >= 0.3 is 0 Å². The maximum Gasteiger partial charge on any atom is 0.0667 e. The van der Waals surface area contributed by atoms with Gasteiger partial charge in [-0.05, 0) is 19.6 Å². The highest BCUT2D eigenvalue weighted by atomic mass is 32.2. The number of hydrogen-bond acceptors (Lipinski definition) is 3. The van der Waals surface area contributed by atoms with Crippen molar-refractivity contribution in [3.8, 4) is 0 Å². The molecule has 74 valence electrons. The van der Waals surface area contributed by atoms with Crippen LogP contribution in [0.25, 0.3) is 0 Å². The third-order valence-electron chi connectivity index (χ3n) is 1.96. The summed E-state index contributed by atoms with van der Waals surface area (Å²) >= 11 is 1.89. The average molecular weight is 191 g/mol. The van der Waals surface area contributed by atoms with Crippen LogP contribution in [0.1, 0.15) is 20.3 Å². The molecule has 0 fully saturated rings. The van der Waals surface area contributed by atoms with E-state index >= 15 is 0 Å². The van der Waals surface area contributed by atoms with Gasteiger partial charge < -0.3 is 10.1 Å². The predicted octanol–water partition coefficient (Wildman–Crippen LogP) is 1.75. The van der Waals surface area contributed by atoms with Gasteiger partial charge in [-0.2, -0.15) is 11.8 Å². The van der Waals surface area contributed by atoms with E-state index in [0.717, 1.165) is 6.54 Å². The normalized spacial score (nSPS) is 16.0. The lowest BCUT2D eigenvalue weighted by Crippen LogP contribution is -2.36. The Kier molecular flexibility index (Phi) is 8.07.